The lowest BCUT2D eigenvalue weighted by atomic mass is 10.1. The Labute approximate surface area is 155 Å². The molecule has 2 aromatic heterocycles. The van der Waals surface area contributed by atoms with Crippen LogP contribution in [0.25, 0.3) is 11.3 Å². The maximum absolute atomic E-state index is 14.0. The summed E-state index contributed by atoms with van der Waals surface area (Å²) >= 11 is 0. The number of rotatable bonds is 4. The van der Waals surface area contributed by atoms with Gasteiger partial charge in [-0.05, 0) is 40.1 Å². The Kier molecular flexibility index (Phi) is 4.38. The van der Waals surface area contributed by atoms with Crippen LogP contribution in [-0.4, -0.2) is 20.3 Å². The van der Waals surface area contributed by atoms with Crippen molar-refractivity contribution in [2.75, 3.05) is 5.32 Å². The molecule has 2 heterocycles. The van der Waals surface area contributed by atoms with E-state index in [1.54, 1.807) is 12.1 Å². The Morgan fingerprint density at radius 1 is 0.893 bits per heavy atom. The third-order valence-corrected chi connectivity index (χ3v) is 3.97. The normalized spacial score (nSPS) is 11.7. The Hall–Kier alpha value is -3.56. The van der Waals surface area contributed by atoms with E-state index in [-0.39, 0.29) is 29.2 Å². The minimum Gasteiger partial charge on any atom is -0.336 e. The van der Waals surface area contributed by atoms with Crippen molar-refractivity contribution >= 4 is 22.8 Å². The molecule has 28 heavy (non-hydrogen) atoms. The Morgan fingerprint density at radius 3 is 2.25 bits per heavy atom. The lowest BCUT2D eigenvalue weighted by Gasteiger charge is -2.11. The van der Waals surface area contributed by atoms with Gasteiger partial charge >= 0.3 is 6.18 Å². The van der Waals surface area contributed by atoms with Crippen LogP contribution < -0.4 is 5.32 Å². The van der Waals surface area contributed by atoms with Crippen molar-refractivity contribution in [2.24, 2.45) is 0 Å². The molecule has 4 rings (SSSR count). The highest BCUT2D eigenvalue weighted by atomic mass is 19.4. The molecule has 0 aliphatic heterocycles. The van der Waals surface area contributed by atoms with Crippen LogP contribution in [0.15, 0.2) is 53.2 Å². The van der Waals surface area contributed by atoms with Gasteiger partial charge < -0.3 is 5.32 Å². The summed E-state index contributed by atoms with van der Waals surface area (Å²) in [4.78, 5) is 8.53. The highest BCUT2D eigenvalue weighted by molar-refractivity contribution is 5.69. The molecule has 0 fully saturated rings. The maximum Gasteiger partial charge on any atom is 0.416 e. The molecule has 0 amide bonds. The monoisotopic (exact) mass is 389 g/mol. The molecule has 0 bridgehead atoms. The van der Waals surface area contributed by atoms with E-state index in [1.165, 1.54) is 24.3 Å². The zero-order chi connectivity index (χ0) is 19.7. The molecule has 0 saturated carbocycles. The van der Waals surface area contributed by atoms with Crippen LogP contribution >= 0.6 is 0 Å². The molecule has 1 N–H and O–H groups in total. The molecule has 0 radical (unpaired) electrons. The molecule has 0 aliphatic rings. The summed E-state index contributed by atoms with van der Waals surface area (Å²) in [5.74, 6) is -0.295. The van der Waals surface area contributed by atoms with Crippen LogP contribution in [-0.2, 0) is 12.6 Å². The number of alkyl halides is 3. The highest BCUT2D eigenvalue weighted by Crippen LogP contribution is 2.30. The van der Waals surface area contributed by atoms with Gasteiger partial charge in [-0.1, -0.05) is 24.3 Å². The van der Waals surface area contributed by atoms with E-state index >= 15 is 0 Å². The topological polar surface area (TPSA) is 76.7 Å². The fourth-order valence-electron chi connectivity index (χ4n) is 2.59. The summed E-state index contributed by atoms with van der Waals surface area (Å²) in [6.45, 7) is 0. The third-order valence-electron chi connectivity index (χ3n) is 3.97. The van der Waals surface area contributed by atoms with E-state index < -0.39 is 17.6 Å². The Morgan fingerprint density at radius 2 is 1.57 bits per heavy atom. The highest BCUT2D eigenvalue weighted by Gasteiger charge is 2.30. The second-order valence-corrected chi connectivity index (χ2v) is 5.91. The van der Waals surface area contributed by atoms with Crippen LogP contribution in [0.5, 0.6) is 0 Å². The summed E-state index contributed by atoms with van der Waals surface area (Å²) in [5.41, 5.74) is 0.598. The van der Waals surface area contributed by atoms with Gasteiger partial charge in [-0.25, -0.2) is 19.0 Å². The quantitative estimate of drug-likeness (QED) is 0.518. The number of nitrogens with zero attached hydrogens (tertiary/aromatic N) is 4. The van der Waals surface area contributed by atoms with Gasteiger partial charge in [0.2, 0.25) is 11.3 Å². The summed E-state index contributed by atoms with van der Waals surface area (Å²) in [6, 6.07) is 10.7. The number of halogens is 4. The number of benzene rings is 2. The van der Waals surface area contributed by atoms with Gasteiger partial charge in [0.1, 0.15) is 5.82 Å². The SMILES string of the molecule is Fc1ccccc1Nc1nc2nonc2nc1Cc1ccc(C(F)(F)F)cc1. The van der Waals surface area contributed by atoms with Crippen molar-refractivity contribution in [3.05, 3.63) is 71.2 Å². The van der Waals surface area contributed by atoms with E-state index in [4.69, 9.17) is 0 Å². The second kappa shape index (κ2) is 6.87. The molecule has 0 atom stereocenters. The fraction of sp³-hybridized carbons (Fsp3) is 0.111. The molecule has 4 aromatic rings. The smallest absolute Gasteiger partial charge is 0.336 e. The average molecular weight is 389 g/mol. The average Bonchev–Trinajstić information content (AvgIpc) is 3.11. The first-order valence-electron chi connectivity index (χ1n) is 8.07. The van der Waals surface area contributed by atoms with Crippen LogP contribution in [0.3, 0.4) is 0 Å². The van der Waals surface area contributed by atoms with Crippen molar-refractivity contribution in [3.63, 3.8) is 0 Å². The van der Waals surface area contributed by atoms with E-state index in [0.717, 1.165) is 12.1 Å². The fourth-order valence-corrected chi connectivity index (χ4v) is 2.59. The van der Waals surface area contributed by atoms with Gasteiger partial charge in [0.25, 0.3) is 0 Å². The minimum atomic E-state index is -4.42. The number of anilines is 2. The van der Waals surface area contributed by atoms with E-state index in [2.05, 4.69) is 30.2 Å². The van der Waals surface area contributed by atoms with Gasteiger partial charge in [-0.3, -0.25) is 0 Å². The van der Waals surface area contributed by atoms with Crippen LogP contribution in [0, 0.1) is 5.82 Å². The van der Waals surface area contributed by atoms with Crippen molar-refractivity contribution in [2.45, 2.75) is 12.6 Å². The minimum absolute atomic E-state index is 0.120. The van der Waals surface area contributed by atoms with Crippen LogP contribution in [0.2, 0.25) is 0 Å². The standard InChI is InChI=1S/C18H11F4N5O/c19-12-3-1-2-4-13(12)23-15-14(24-16-17(25-15)27-28-26-16)9-10-5-7-11(8-6-10)18(20,21)22/h1-8H,9H2,(H,23,25,27). The number of fused-ring (bicyclic) bond motifs is 1. The lowest BCUT2D eigenvalue weighted by molar-refractivity contribution is -0.137. The zero-order valence-corrected chi connectivity index (χ0v) is 14.0. The van der Waals surface area contributed by atoms with E-state index in [9.17, 15) is 17.6 Å². The van der Waals surface area contributed by atoms with E-state index in [1.807, 2.05) is 0 Å². The van der Waals surface area contributed by atoms with Gasteiger partial charge in [-0.2, -0.15) is 13.2 Å². The predicted octanol–water partition coefficient (Wildman–Crippen LogP) is 4.51. The third kappa shape index (κ3) is 3.61. The maximum atomic E-state index is 14.0. The number of hydrogen-bond acceptors (Lipinski definition) is 6. The summed E-state index contributed by atoms with van der Waals surface area (Å²) < 4.78 is 56.8. The van der Waals surface area contributed by atoms with Crippen molar-refractivity contribution in [1.29, 1.82) is 0 Å². The molecule has 0 spiro atoms. The van der Waals surface area contributed by atoms with E-state index in [0.29, 0.717) is 11.3 Å². The summed E-state index contributed by atoms with van der Waals surface area (Å²) in [5, 5.41) is 10.1. The second-order valence-electron chi connectivity index (χ2n) is 5.91. The van der Waals surface area contributed by atoms with Crippen molar-refractivity contribution in [1.82, 2.24) is 20.3 Å². The van der Waals surface area contributed by atoms with Gasteiger partial charge in [-0.15, -0.1) is 0 Å². The first-order chi connectivity index (χ1) is 13.4. The largest absolute Gasteiger partial charge is 0.416 e. The molecule has 0 aliphatic carbocycles. The molecule has 6 nitrogen and oxygen atoms in total. The summed E-state index contributed by atoms with van der Waals surface area (Å²) in [6.07, 6.45) is -4.27. The number of para-hydroxylation sites is 1. The summed E-state index contributed by atoms with van der Waals surface area (Å²) in [7, 11) is 0. The first kappa shape index (κ1) is 17.8. The number of hydrogen-bond donors (Lipinski definition) is 1. The van der Waals surface area contributed by atoms with Gasteiger partial charge in [0.05, 0.1) is 16.9 Å². The molecule has 0 saturated heterocycles. The predicted molar refractivity (Wildman–Crippen MR) is 91.3 cm³/mol. The molecular formula is C18H11F4N5O. The number of nitrogens with one attached hydrogen (secondary N) is 1. The van der Waals surface area contributed by atoms with Crippen LogP contribution in [0.1, 0.15) is 16.8 Å². The van der Waals surface area contributed by atoms with Crippen molar-refractivity contribution < 1.29 is 22.2 Å². The lowest BCUT2D eigenvalue weighted by Crippen LogP contribution is -2.06. The molecule has 10 heteroatoms. The zero-order valence-electron chi connectivity index (χ0n) is 14.0. The molecule has 0 unspecified atom stereocenters. The van der Waals surface area contributed by atoms with Crippen molar-refractivity contribution in [3.8, 4) is 0 Å². The Bertz CT molecular complexity index is 1120. The van der Waals surface area contributed by atoms with Crippen LogP contribution in [0.4, 0.5) is 29.1 Å². The molecular weight excluding hydrogens is 378 g/mol. The Balaban J connectivity index is 1.70. The molecule has 142 valence electrons. The van der Waals surface area contributed by atoms with Gasteiger partial charge in [0, 0.05) is 6.42 Å². The molecule has 2 aromatic carbocycles. The van der Waals surface area contributed by atoms with Gasteiger partial charge in [0.15, 0.2) is 5.82 Å². The number of aromatic nitrogens is 4. The first-order valence-corrected chi connectivity index (χ1v) is 8.07.